The monoisotopic (exact) mass is 311 g/mol. The highest BCUT2D eigenvalue weighted by Crippen LogP contribution is 2.28. The Bertz CT molecular complexity index is 442. The van der Waals surface area contributed by atoms with Crippen LogP contribution >= 0.6 is 15.9 Å². The van der Waals surface area contributed by atoms with E-state index in [1.165, 1.54) is 18.9 Å². The quantitative estimate of drug-likeness (QED) is 0.781. The van der Waals surface area contributed by atoms with E-state index in [-0.39, 0.29) is 11.2 Å². The molecule has 1 atom stereocenters. The summed E-state index contributed by atoms with van der Waals surface area (Å²) in [5, 5.41) is 3.50. The van der Waals surface area contributed by atoms with Gasteiger partial charge in [0, 0.05) is 22.5 Å². The van der Waals surface area contributed by atoms with Crippen LogP contribution in [0, 0.1) is 11.2 Å². The van der Waals surface area contributed by atoms with Crippen molar-refractivity contribution < 1.29 is 4.39 Å². The SMILES string of the molecule is C=CC(C)(CNC1CC1)Cc1ccc(Br)cc1F. The van der Waals surface area contributed by atoms with E-state index in [1.54, 1.807) is 0 Å². The average Bonchev–Trinajstić information content (AvgIpc) is 3.14. The van der Waals surface area contributed by atoms with Crippen LogP contribution in [-0.4, -0.2) is 12.6 Å². The zero-order valence-corrected chi connectivity index (χ0v) is 12.3. The summed E-state index contributed by atoms with van der Waals surface area (Å²) in [5.74, 6) is -0.149. The van der Waals surface area contributed by atoms with Crippen molar-refractivity contribution >= 4 is 15.9 Å². The second kappa shape index (κ2) is 5.54. The van der Waals surface area contributed by atoms with Crippen molar-refractivity contribution in [3.63, 3.8) is 0 Å². The van der Waals surface area contributed by atoms with Crippen LogP contribution in [0.3, 0.4) is 0 Å². The first-order valence-electron chi connectivity index (χ1n) is 6.33. The predicted octanol–water partition coefficient (Wildman–Crippen LogP) is 4.08. The van der Waals surface area contributed by atoms with Gasteiger partial charge in [-0.15, -0.1) is 6.58 Å². The smallest absolute Gasteiger partial charge is 0.127 e. The summed E-state index contributed by atoms with van der Waals surface area (Å²) < 4.78 is 14.6. The fourth-order valence-electron chi connectivity index (χ4n) is 1.97. The first kappa shape index (κ1) is 13.8. The molecule has 0 aromatic heterocycles. The molecule has 1 aromatic carbocycles. The van der Waals surface area contributed by atoms with E-state index in [0.29, 0.717) is 12.5 Å². The summed E-state index contributed by atoms with van der Waals surface area (Å²) in [5.41, 5.74) is 0.648. The van der Waals surface area contributed by atoms with Crippen LogP contribution in [0.4, 0.5) is 4.39 Å². The second-order valence-electron chi connectivity index (χ2n) is 5.43. The molecular weight excluding hydrogens is 293 g/mol. The van der Waals surface area contributed by atoms with E-state index < -0.39 is 0 Å². The van der Waals surface area contributed by atoms with Crippen LogP contribution in [0.5, 0.6) is 0 Å². The first-order chi connectivity index (χ1) is 8.52. The first-order valence-corrected chi connectivity index (χ1v) is 7.13. The molecule has 0 saturated heterocycles. The molecule has 0 aliphatic heterocycles. The summed E-state index contributed by atoms with van der Waals surface area (Å²) in [6.07, 6.45) is 5.14. The lowest BCUT2D eigenvalue weighted by Gasteiger charge is -2.26. The van der Waals surface area contributed by atoms with Gasteiger partial charge in [0.2, 0.25) is 0 Å². The molecule has 0 radical (unpaired) electrons. The third-order valence-electron chi connectivity index (χ3n) is 3.47. The van der Waals surface area contributed by atoms with Crippen molar-refractivity contribution in [2.75, 3.05) is 6.54 Å². The second-order valence-corrected chi connectivity index (χ2v) is 6.34. The number of halogens is 2. The molecule has 1 aliphatic rings. The molecule has 1 N–H and O–H groups in total. The van der Waals surface area contributed by atoms with Gasteiger partial charge < -0.3 is 5.32 Å². The minimum Gasteiger partial charge on any atom is -0.313 e. The Kier molecular flexibility index (Phi) is 4.23. The van der Waals surface area contributed by atoms with E-state index in [9.17, 15) is 4.39 Å². The molecule has 0 amide bonds. The average molecular weight is 312 g/mol. The van der Waals surface area contributed by atoms with Gasteiger partial charge in [0.25, 0.3) is 0 Å². The van der Waals surface area contributed by atoms with Crippen LogP contribution in [0.15, 0.2) is 35.3 Å². The molecule has 98 valence electrons. The maximum absolute atomic E-state index is 13.8. The third-order valence-corrected chi connectivity index (χ3v) is 3.97. The molecule has 0 spiro atoms. The minimum atomic E-state index is -0.149. The number of hydrogen-bond acceptors (Lipinski definition) is 1. The van der Waals surface area contributed by atoms with Gasteiger partial charge in [-0.3, -0.25) is 0 Å². The Morgan fingerprint density at radius 3 is 2.83 bits per heavy atom. The normalized spacial score (nSPS) is 18.4. The van der Waals surface area contributed by atoms with E-state index in [2.05, 4.69) is 34.7 Å². The van der Waals surface area contributed by atoms with Gasteiger partial charge in [0.15, 0.2) is 0 Å². The minimum absolute atomic E-state index is 0.0999. The Morgan fingerprint density at radius 2 is 2.28 bits per heavy atom. The fourth-order valence-corrected chi connectivity index (χ4v) is 2.31. The van der Waals surface area contributed by atoms with E-state index in [1.807, 2.05) is 18.2 Å². The topological polar surface area (TPSA) is 12.0 Å². The largest absolute Gasteiger partial charge is 0.313 e. The van der Waals surface area contributed by atoms with E-state index >= 15 is 0 Å². The third kappa shape index (κ3) is 3.66. The summed E-state index contributed by atoms with van der Waals surface area (Å²) in [7, 11) is 0. The Labute approximate surface area is 117 Å². The molecule has 1 saturated carbocycles. The number of rotatable bonds is 6. The van der Waals surface area contributed by atoms with Crippen LogP contribution in [-0.2, 0) is 6.42 Å². The zero-order chi connectivity index (χ0) is 13.2. The zero-order valence-electron chi connectivity index (χ0n) is 10.7. The van der Waals surface area contributed by atoms with Crippen molar-refractivity contribution in [3.8, 4) is 0 Å². The van der Waals surface area contributed by atoms with E-state index in [4.69, 9.17) is 0 Å². The lowest BCUT2D eigenvalue weighted by Crippen LogP contribution is -2.33. The highest BCUT2D eigenvalue weighted by Gasteiger charge is 2.27. The van der Waals surface area contributed by atoms with Gasteiger partial charge in [-0.25, -0.2) is 4.39 Å². The standard InChI is InChI=1S/C15H19BrFN/c1-3-15(2,10-18-13-6-7-13)9-11-4-5-12(16)8-14(11)17/h3-5,8,13,18H,1,6-7,9-10H2,2H3. The molecule has 1 aliphatic carbocycles. The van der Waals surface area contributed by atoms with Gasteiger partial charge in [-0.1, -0.05) is 35.0 Å². The lowest BCUT2D eigenvalue weighted by atomic mass is 9.83. The van der Waals surface area contributed by atoms with Crippen LogP contribution in [0.1, 0.15) is 25.3 Å². The molecule has 1 aromatic rings. The molecule has 1 nitrogen and oxygen atoms in total. The van der Waals surface area contributed by atoms with E-state index in [0.717, 1.165) is 16.6 Å². The number of benzene rings is 1. The fraction of sp³-hybridized carbons (Fsp3) is 0.467. The van der Waals surface area contributed by atoms with Gasteiger partial charge in [0.1, 0.15) is 5.82 Å². The van der Waals surface area contributed by atoms with Gasteiger partial charge in [0.05, 0.1) is 0 Å². The van der Waals surface area contributed by atoms with Gasteiger partial charge in [-0.2, -0.15) is 0 Å². The summed E-state index contributed by atoms with van der Waals surface area (Å²) in [4.78, 5) is 0. The van der Waals surface area contributed by atoms with Crippen molar-refractivity contribution in [1.82, 2.24) is 5.32 Å². The highest BCUT2D eigenvalue weighted by atomic mass is 79.9. The van der Waals surface area contributed by atoms with Crippen molar-refractivity contribution in [2.24, 2.45) is 5.41 Å². The summed E-state index contributed by atoms with van der Waals surface area (Å²) in [6, 6.07) is 5.92. The molecule has 0 bridgehead atoms. The molecule has 1 unspecified atom stereocenters. The van der Waals surface area contributed by atoms with Crippen molar-refractivity contribution in [1.29, 1.82) is 0 Å². The van der Waals surface area contributed by atoms with Crippen molar-refractivity contribution in [2.45, 2.75) is 32.2 Å². The highest BCUT2D eigenvalue weighted by molar-refractivity contribution is 9.10. The molecule has 1 fully saturated rings. The number of hydrogen-bond donors (Lipinski definition) is 1. The Hall–Kier alpha value is -0.670. The Balaban J connectivity index is 2.05. The molecule has 2 rings (SSSR count). The summed E-state index contributed by atoms with van der Waals surface area (Å²) in [6.45, 7) is 6.88. The van der Waals surface area contributed by atoms with Crippen LogP contribution in [0.2, 0.25) is 0 Å². The molecule has 0 heterocycles. The maximum Gasteiger partial charge on any atom is 0.127 e. The van der Waals surface area contributed by atoms with Gasteiger partial charge >= 0.3 is 0 Å². The molecule has 3 heteroatoms. The van der Waals surface area contributed by atoms with Crippen LogP contribution < -0.4 is 5.32 Å². The maximum atomic E-state index is 13.8. The van der Waals surface area contributed by atoms with Crippen molar-refractivity contribution in [3.05, 3.63) is 46.7 Å². The van der Waals surface area contributed by atoms with Crippen LogP contribution in [0.25, 0.3) is 0 Å². The predicted molar refractivity (Wildman–Crippen MR) is 77.1 cm³/mol. The molecule has 18 heavy (non-hydrogen) atoms. The lowest BCUT2D eigenvalue weighted by molar-refractivity contribution is 0.383. The van der Waals surface area contributed by atoms with Gasteiger partial charge in [-0.05, 0) is 37.0 Å². The Morgan fingerprint density at radius 1 is 1.56 bits per heavy atom. The summed E-state index contributed by atoms with van der Waals surface area (Å²) >= 11 is 3.28. The number of nitrogens with one attached hydrogen (secondary N) is 1. The molecular formula is C15H19BrFN.